The van der Waals surface area contributed by atoms with E-state index in [9.17, 15) is 4.79 Å². The number of nitrogens with zero attached hydrogens (tertiary/aromatic N) is 3. The van der Waals surface area contributed by atoms with E-state index in [1.807, 2.05) is 0 Å². The second kappa shape index (κ2) is 4.99. The zero-order valence-corrected chi connectivity index (χ0v) is 14.4. The number of fused-ring (bicyclic) bond motifs is 2. The van der Waals surface area contributed by atoms with Crippen molar-refractivity contribution in [2.75, 3.05) is 0 Å². The van der Waals surface area contributed by atoms with Gasteiger partial charge < -0.3 is 0 Å². The molecule has 3 heterocycles. The third-order valence-electron chi connectivity index (χ3n) is 4.38. The molecule has 0 radical (unpaired) electrons. The van der Waals surface area contributed by atoms with Crippen LogP contribution in [0.5, 0.6) is 0 Å². The second-order valence-electron chi connectivity index (χ2n) is 7.09. The topological polar surface area (TPSA) is 47.8 Å². The molecule has 0 atom stereocenters. The number of thiazole rings is 1. The van der Waals surface area contributed by atoms with Crippen LogP contribution in [0.15, 0.2) is 29.1 Å². The minimum atomic E-state index is 0.0105. The summed E-state index contributed by atoms with van der Waals surface area (Å²) < 4.78 is 1.77. The van der Waals surface area contributed by atoms with Crippen molar-refractivity contribution in [1.82, 2.24) is 14.5 Å². The summed E-state index contributed by atoms with van der Waals surface area (Å²) in [6.45, 7) is 7.37. The number of aromatic nitrogens is 3. The molecular weight excluding hydrogens is 306 g/mol. The van der Waals surface area contributed by atoms with Crippen LogP contribution in [-0.2, 0) is 18.4 Å². The normalized spacial score (nSPS) is 14.4. The van der Waals surface area contributed by atoms with E-state index in [0.29, 0.717) is 5.52 Å². The van der Waals surface area contributed by atoms with E-state index in [1.165, 1.54) is 16.9 Å². The van der Waals surface area contributed by atoms with Gasteiger partial charge in [0.25, 0.3) is 5.56 Å². The van der Waals surface area contributed by atoms with Crippen molar-refractivity contribution < 1.29 is 0 Å². The summed E-state index contributed by atoms with van der Waals surface area (Å²) >= 11 is 1.51. The molecule has 0 saturated heterocycles. The predicted octanol–water partition coefficient (Wildman–Crippen LogP) is 3.76. The monoisotopic (exact) mass is 325 g/mol. The Morgan fingerprint density at radius 3 is 2.57 bits per heavy atom. The van der Waals surface area contributed by atoms with Crippen LogP contribution in [0, 0.1) is 0 Å². The molecule has 4 rings (SSSR count). The Hall–Kier alpha value is -2.01. The molecular formula is C18H19N3OS. The van der Waals surface area contributed by atoms with Crippen molar-refractivity contribution in [3.63, 3.8) is 0 Å². The van der Waals surface area contributed by atoms with E-state index < -0.39 is 0 Å². The molecule has 0 unspecified atom stereocenters. The van der Waals surface area contributed by atoms with Gasteiger partial charge in [-0.1, -0.05) is 56.4 Å². The number of benzene rings is 1. The highest BCUT2D eigenvalue weighted by atomic mass is 32.1. The minimum absolute atomic E-state index is 0.0105. The summed E-state index contributed by atoms with van der Waals surface area (Å²) in [5.41, 5.74) is 2.99. The molecule has 2 aromatic heterocycles. The Bertz CT molecular complexity index is 945. The van der Waals surface area contributed by atoms with Crippen LogP contribution >= 0.6 is 11.3 Å². The van der Waals surface area contributed by atoms with E-state index in [4.69, 9.17) is 0 Å². The van der Waals surface area contributed by atoms with Crippen molar-refractivity contribution in [1.29, 1.82) is 0 Å². The highest BCUT2D eigenvalue weighted by Gasteiger charge is 2.20. The maximum Gasteiger partial charge on any atom is 0.280 e. The molecule has 0 bridgehead atoms. The lowest BCUT2D eigenvalue weighted by molar-refractivity contribution is 0.590. The zero-order valence-electron chi connectivity index (χ0n) is 13.6. The summed E-state index contributed by atoms with van der Waals surface area (Å²) in [5, 5.41) is 0.870. The maximum atomic E-state index is 12.5. The molecule has 1 aliphatic heterocycles. The lowest BCUT2D eigenvalue weighted by Crippen LogP contribution is -2.20. The quantitative estimate of drug-likeness (QED) is 0.684. The van der Waals surface area contributed by atoms with Gasteiger partial charge in [0.1, 0.15) is 10.8 Å². The van der Waals surface area contributed by atoms with Gasteiger partial charge in [-0.3, -0.25) is 9.36 Å². The summed E-state index contributed by atoms with van der Waals surface area (Å²) in [5.74, 6) is 0.904. The first-order valence-electron chi connectivity index (χ1n) is 7.95. The van der Waals surface area contributed by atoms with Gasteiger partial charge in [-0.05, 0) is 17.4 Å². The van der Waals surface area contributed by atoms with E-state index in [2.05, 4.69) is 55.0 Å². The smallest absolute Gasteiger partial charge is 0.280 e. The highest BCUT2D eigenvalue weighted by Crippen LogP contribution is 2.30. The molecule has 4 nitrogen and oxygen atoms in total. The van der Waals surface area contributed by atoms with Gasteiger partial charge >= 0.3 is 0 Å². The Balaban J connectivity index is 1.81. The van der Waals surface area contributed by atoms with E-state index in [0.717, 1.165) is 40.6 Å². The van der Waals surface area contributed by atoms with Crippen LogP contribution in [0.25, 0.3) is 20.9 Å². The molecule has 0 spiro atoms. The number of rotatable bonds is 1. The van der Waals surface area contributed by atoms with E-state index in [1.54, 1.807) is 4.57 Å². The molecule has 0 amide bonds. The van der Waals surface area contributed by atoms with Gasteiger partial charge in [0, 0.05) is 18.5 Å². The molecule has 0 saturated carbocycles. The van der Waals surface area contributed by atoms with Gasteiger partial charge in [-0.25, -0.2) is 9.97 Å². The van der Waals surface area contributed by atoms with Crippen molar-refractivity contribution >= 4 is 21.7 Å². The maximum absolute atomic E-state index is 12.5. The molecule has 0 N–H and O–H groups in total. The fraction of sp³-hybridized carbons (Fsp3) is 0.389. The third-order valence-corrected chi connectivity index (χ3v) is 5.38. The van der Waals surface area contributed by atoms with E-state index in [-0.39, 0.29) is 11.0 Å². The molecule has 118 valence electrons. The number of aryl methyl sites for hydroxylation is 1. The summed E-state index contributed by atoms with van der Waals surface area (Å²) in [7, 11) is 0. The molecule has 3 aromatic rings. The van der Waals surface area contributed by atoms with Crippen molar-refractivity contribution in [2.24, 2.45) is 0 Å². The molecule has 1 aliphatic rings. The Labute approximate surface area is 138 Å². The van der Waals surface area contributed by atoms with Crippen molar-refractivity contribution in [2.45, 2.75) is 45.6 Å². The summed E-state index contributed by atoms with van der Waals surface area (Å²) in [4.78, 5) is 22.5. The first-order chi connectivity index (χ1) is 10.9. The average Bonchev–Trinajstić information content (AvgIpc) is 3.13. The predicted molar refractivity (Wildman–Crippen MR) is 94.1 cm³/mol. The molecule has 1 aromatic carbocycles. The fourth-order valence-electron chi connectivity index (χ4n) is 3.00. The molecule has 0 fully saturated rings. The van der Waals surface area contributed by atoms with Crippen molar-refractivity contribution in [3.8, 4) is 10.6 Å². The lowest BCUT2D eigenvalue weighted by Gasteiger charge is -2.18. The van der Waals surface area contributed by atoms with Crippen LogP contribution in [0.1, 0.15) is 38.6 Å². The van der Waals surface area contributed by atoms with Crippen LogP contribution < -0.4 is 5.56 Å². The average molecular weight is 325 g/mol. The first kappa shape index (κ1) is 14.6. The van der Waals surface area contributed by atoms with E-state index >= 15 is 0 Å². The second-order valence-corrected chi connectivity index (χ2v) is 8.07. The van der Waals surface area contributed by atoms with Crippen LogP contribution in [-0.4, -0.2) is 14.5 Å². The molecule has 0 aliphatic carbocycles. The van der Waals surface area contributed by atoms with Gasteiger partial charge in [0.05, 0.1) is 0 Å². The standard InChI is InChI=1S/C18H19N3OS/c1-18(2,3)12-8-6-11(7-9-12)15-20-14-16(23-15)19-13-5-4-10-21(13)17(14)22/h6-9H,4-5,10H2,1-3H3. The minimum Gasteiger partial charge on any atom is -0.295 e. The third kappa shape index (κ3) is 2.39. The summed E-state index contributed by atoms with van der Waals surface area (Å²) in [6, 6.07) is 8.45. The van der Waals surface area contributed by atoms with Gasteiger partial charge in [-0.2, -0.15) is 0 Å². The van der Waals surface area contributed by atoms with Crippen LogP contribution in [0.3, 0.4) is 0 Å². The molecule has 5 heteroatoms. The Morgan fingerprint density at radius 2 is 1.87 bits per heavy atom. The zero-order chi connectivity index (χ0) is 16.2. The van der Waals surface area contributed by atoms with Gasteiger partial charge in [-0.15, -0.1) is 0 Å². The Morgan fingerprint density at radius 1 is 1.13 bits per heavy atom. The highest BCUT2D eigenvalue weighted by molar-refractivity contribution is 7.21. The molecule has 23 heavy (non-hydrogen) atoms. The SMILES string of the molecule is CC(C)(C)c1ccc(-c2nc3c(=O)n4c(nc3s2)CCC4)cc1. The van der Waals surface area contributed by atoms with Crippen molar-refractivity contribution in [3.05, 3.63) is 46.0 Å². The Kier molecular flexibility index (Phi) is 3.17. The number of hydrogen-bond donors (Lipinski definition) is 0. The first-order valence-corrected chi connectivity index (χ1v) is 8.76. The largest absolute Gasteiger partial charge is 0.295 e. The summed E-state index contributed by atoms with van der Waals surface area (Å²) in [6.07, 6.45) is 1.89. The van der Waals surface area contributed by atoms with Crippen LogP contribution in [0.4, 0.5) is 0 Å². The van der Waals surface area contributed by atoms with Gasteiger partial charge in [0.2, 0.25) is 0 Å². The van der Waals surface area contributed by atoms with Gasteiger partial charge in [0.15, 0.2) is 10.3 Å². The lowest BCUT2D eigenvalue weighted by atomic mass is 9.87. The number of hydrogen-bond acceptors (Lipinski definition) is 4. The fourth-order valence-corrected chi connectivity index (χ4v) is 3.96. The van der Waals surface area contributed by atoms with Crippen LogP contribution in [0.2, 0.25) is 0 Å².